The number of nitrogens with zero attached hydrogens (tertiary/aromatic N) is 1. The molecule has 15 heavy (non-hydrogen) atoms. The number of anilines is 1. The van der Waals surface area contributed by atoms with Crippen molar-refractivity contribution in [3.8, 4) is 0 Å². The van der Waals surface area contributed by atoms with Crippen molar-refractivity contribution in [2.75, 3.05) is 11.9 Å². The Morgan fingerprint density at radius 3 is 2.27 bits per heavy atom. The zero-order valence-electron chi connectivity index (χ0n) is 9.66. The Kier molecular flexibility index (Phi) is 4.17. The minimum Gasteiger partial charge on any atom is -0.389 e. The van der Waals surface area contributed by atoms with E-state index >= 15 is 0 Å². The van der Waals surface area contributed by atoms with Gasteiger partial charge in [0.15, 0.2) is 0 Å². The third-order valence-electron chi connectivity index (χ3n) is 2.62. The highest BCUT2D eigenvalue weighted by Crippen LogP contribution is 2.28. The smallest absolute Gasteiger partial charge is 0.0772 e. The van der Waals surface area contributed by atoms with E-state index in [1.54, 1.807) is 6.92 Å². The molecule has 0 radical (unpaired) electrons. The molecular weight excluding hydrogens is 254 g/mol. The first-order chi connectivity index (χ1) is 6.93. The van der Waals surface area contributed by atoms with E-state index in [2.05, 4.69) is 41.7 Å². The predicted molar refractivity (Wildman–Crippen MR) is 68.3 cm³/mol. The van der Waals surface area contributed by atoms with Gasteiger partial charge in [0, 0.05) is 23.2 Å². The molecule has 0 aliphatic heterocycles. The minimum absolute atomic E-state index is 0.433. The van der Waals surface area contributed by atoms with Gasteiger partial charge in [0.25, 0.3) is 0 Å². The number of halogens is 1. The van der Waals surface area contributed by atoms with Gasteiger partial charge in [-0.3, -0.25) is 0 Å². The van der Waals surface area contributed by atoms with Gasteiger partial charge in [0.1, 0.15) is 0 Å². The Hall–Kier alpha value is -0.540. The van der Waals surface area contributed by atoms with Crippen LogP contribution in [0.2, 0.25) is 0 Å². The molecule has 0 aromatic heterocycles. The lowest BCUT2D eigenvalue weighted by atomic mass is 10.1. The van der Waals surface area contributed by atoms with Gasteiger partial charge < -0.3 is 10.0 Å². The van der Waals surface area contributed by atoms with Crippen molar-refractivity contribution in [1.82, 2.24) is 0 Å². The normalized spacial score (nSPS) is 13.0. The Bertz CT molecular complexity index is 336. The highest BCUT2D eigenvalue weighted by Gasteiger charge is 2.10. The lowest BCUT2D eigenvalue weighted by Gasteiger charge is -2.24. The van der Waals surface area contributed by atoms with Crippen LogP contribution in [0, 0.1) is 0 Å². The number of hydrogen-bond acceptors (Lipinski definition) is 2. The quantitative estimate of drug-likeness (QED) is 0.912. The van der Waals surface area contributed by atoms with Gasteiger partial charge >= 0.3 is 0 Å². The molecule has 1 atom stereocenters. The first-order valence-electron chi connectivity index (χ1n) is 5.13. The highest BCUT2D eigenvalue weighted by molar-refractivity contribution is 9.10. The number of hydrogen-bond donors (Lipinski definition) is 1. The molecular formula is C12H18BrNO. The molecule has 84 valence electrons. The maximum absolute atomic E-state index is 9.50. The van der Waals surface area contributed by atoms with E-state index < -0.39 is 6.10 Å². The maximum Gasteiger partial charge on any atom is 0.0772 e. The van der Waals surface area contributed by atoms with E-state index in [-0.39, 0.29) is 0 Å². The fourth-order valence-electron chi connectivity index (χ4n) is 1.37. The molecule has 0 aliphatic carbocycles. The lowest BCUT2D eigenvalue weighted by molar-refractivity contribution is 0.198. The summed E-state index contributed by atoms with van der Waals surface area (Å²) in [6.45, 7) is 6.07. The van der Waals surface area contributed by atoms with Crippen molar-refractivity contribution in [2.24, 2.45) is 0 Å². The molecule has 0 saturated heterocycles. The molecule has 3 heteroatoms. The number of aliphatic hydroxyl groups excluding tert-OH is 1. The van der Waals surface area contributed by atoms with Gasteiger partial charge in [0.05, 0.1) is 6.10 Å². The summed E-state index contributed by atoms with van der Waals surface area (Å²) in [4.78, 5) is 2.19. The number of benzene rings is 1. The van der Waals surface area contributed by atoms with Gasteiger partial charge in [-0.15, -0.1) is 0 Å². The Morgan fingerprint density at radius 1 is 1.27 bits per heavy atom. The summed E-state index contributed by atoms with van der Waals surface area (Å²) in [7, 11) is 2.06. The average molecular weight is 272 g/mol. The largest absolute Gasteiger partial charge is 0.389 e. The van der Waals surface area contributed by atoms with Crippen molar-refractivity contribution in [2.45, 2.75) is 32.9 Å². The van der Waals surface area contributed by atoms with Crippen LogP contribution in [-0.2, 0) is 0 Å². The van der Waals surface area contributed by atoms with Crippen LogP contribution in [0.4, 0.5) is 5.69 Å². The highest BCUT2D eigenvalue weighted by atomic mass is 79.9. The molecule has 0 unspecified atom stereocenters. The van der Waals surface area contributed by atoms with E-state index in [1.165, 1.54) is 0 Å². The van der Waals surface area contributed by atoms with E-state index in [0.29, 0.717) is 6.04 Å². The maximum atomic E-state index is 9.50. The minimum atomic E-state index is -0.433. The molecule has 1 rings (SSSR count). The van der Waals surface area contributed by atoms with Crippen LogP contribution in [0.1, 0.15) is 32.4 Å². The van der Waals surface area contributed by atoms with Gasteiger partial charge in [-0.05, 0) is 38.5 Å². The Morgan fingerprint density at radius 2 is 1.87 bits per heavy atom. The van der Waals surface area contributed by atoms with E-state index in [9.17, 15) is 5.11 Å². The first-order valence-corrected chi connectivity index (χ1v) is 5.93. The summed E-state index contributed by atoms with van der Waals surface area (Å²) >= 11 is 3.48. The molecule has 0 fully saturated rings. The monoisotopic (exact) mass is 271 g/mol. The molecule has 0 amide bonds. The van der Waals surface area contributed by atoms with Crippen LogP contribution in [0.25, 0.3) is 0 Å². The second kappa shape index (κ2) is 4.99. The van der Waals surface area contributed by atoms with E-state index in [1.807, 2.05) is 18.2 Å². The predicted octanol–water partition coefficient (Wildman–Crippen LogP) is 3.35. The van der Waals surface area contributed by atoms with Gasteiger partial charge in [0.2, 0.25) is 0 Å². The average Bonchev–Trinajstić information content (AvgIpc) is 2.15. The van der Waals surface area contributed by atoms with Crippen molar-refractivity contribution >= 4 is 21.6 Å². The van der Waals surface area contributed by atoms with Crippen LogP contribution < -0.4 is 4.90 Å². The lowest BCUT2D eigenvalue weighted by Crippen LogP contribution is -2.25. The van der Waals surface area contributed by atoms with Crippen molar-refractivity contribution < 1.29 is 5.11 Å². The van der Waals surface area contributed by atoms with Gasteiger partial charge in [-0.2, -0.15) is 0 Å². The topological polar surface area (TPSA) is 23.5 Å². The van der Waals surface area contributed by atoms with Gasteiger partial charge in [-0.25, -0.2) is 0 Å². The molecule has 0 bridgehead atoms. The molecule has 0 saturated carbocycles. The summed E-state index contributed by atoms with van der Waals surface area (Å²) in [5, 5.41) is 9.50. The molecule has 0 spiro atoms. The van der Waals surface area contributed by atoms with Crippen molar-refractivity contribution in [3.05, 3.63) is 28.2 Å². The zero-order valence-corrected chi connectivity index (χ0v) is 11.2. The molecule has 2 nitrogen and oxygen atoms in total. The number of rotatable bonds is 3. The summed E-state index contributed by atoms with van der Waals surface area (Å²) in [6, 6.07) is 6.51. The fourth-order valence-corrected chi connectivity index (χ4v) is 2.07. The summed E-state index contributed by atoms with van der Waals surface area (Å²) in [5.74, 6) is 0. The molecule has 0 aliphatic rings. The molecule has 1 aromatic rings. The Balaban J connectivity index is 3.01. The molecule has 1 aromatic carbocycles. The van der Waals surface area contributed by atoms with Crippen LogP contribution in [-0.4, -0.2) is 18.2 Å². The zero-order chi connectivity index (χ0) is 11.6. The van der Waals surface area contributed by atoms with Crippen LogP contribution in [0.5, 0.6) is 0 Å². The first kappa shape index (κ1) is 12.5. The second-order valence-electron chi connectivity index (χ2n) is 4.09. The summed E-state index contributed by atoms with van der Waals surface area (Å²) in [6.07, 6.45) is -0.433. The standard InChI is InChI=1S/C12H18BrNO/c1-8(2)14(4)10-5-6-11(9(3)15)12(13)7-10/h5-9,15H,1-4H3/t9-/m0/s1. The molecule has 1 N–H and O–H groups in total. The van der Waals surface area contributed by atoms with Crippen LogP contribution in [0.15, 0.2) is 22.7 Å². The van der Waals surface area contributed by atoms with Crippen molar-refractivity contribution in [1.29, 1.82) is 0 Å². The van der Waals surface area contributed by atoms with E-state index in [4.69, 9.17) is 0 Å². The SMILES string of the molecule is CC(C)N(C)c1ccc([C@H](C)O)c(Br)c1. The third-order valence-corrected chi connectivity index (χ3v) is 3.30. The molecule has 0 heterocycles. The third kappa shape index (κ3) is 2.95. The number of aliphatic hydroxyl groups is 1. The second-order valence-corrected chi connectivity index (χ2v) is 4.94. The van der Waals surface area contributed by atoms with Crippen LogP contribution >= 0.6 is 15.9 Å². The van der Waals surface area contributed by atoms with Crippen LogP contribution in [0.3, 0.4) is 0 Å². The Labute approximate surface area is 100 Å². The van der Waals surface area contributed by atoms with E-state index in [0.717, 1.165) is 15.7 Å². The van der Waals surface area contributed by atoms with Crippen molar-refractivity contribution in [3.63, 3.8) is 0 Å². The summed E-state index contributed by atoms with van der Waals surface area (Å²) in [5.41, 5.74) is 2.08. The summed E-state index contributed by atoms with van der Waals surface area (Å²) < 4.78 is 0.961. The van der Waals surface area contributed by atoms with Gasteiger partial charge in [-0.1, -0.05) is 22.0 Å². The fraction of sp³-hybridized carbons (Fsp3) is 0.500.